The van der Waals surface area contributed by atoms with Crippen molar-refractivity contribution in [2.75, 3.05) is 0 Å². The van der Waals surface area contributed by atoms with Crippen LogP contribution in [-0.4, -0.2) is 25.8 Å². The molecule has 1 atom stereocenters. The molecule has 4 heteroatoms. The Balaban J connectivity index is 0. The summed E-state index contributed by atoms with van der Waals surface area (Å²) in [6, 6.07) is 0. The van der Waals surface area contributed by atoms with Gasteiger partial charge in [0, 0.05) is 17.1 Å². The van der Waals surface area contributed by atoms with Crippen LogP contribution in [0.15, 0.2) is 0 Å². The van der Waals surface area contributed by atoms with E-state index in [-0.39, 0.29) is 52.7 Å². The van der Waals surface area contributed by atoms with Crippen LogP contribution in [0.3, 0.4) is 0 Å². The van der Waals surface area contributed by atoms with Crippen molar-refractivity contribution < 1.29 is 17.1 Å². The van der Waals surface area contributed by atoms with Crippen molar-refractivity contribution in [2.45, 2.75) is 0 Å². The topological polar surface area (TPSA) is 0 Å². The number of rotatable bonds is 0. The van der Waals surface area contributed by atoms with E-state index in [2.05, 4.69) is 0 Å². The maximum absolute atomic E-state index is 0. The van der Waals surface area contributed by atoms with Crippen molar-refractivity contribution in [3.8, 4) is 0 Å². The van der Waals surface area contributed by atoms with Gasteiger partial charge in [-0.25, -0.2) is 0 Å². The Hall–Kier alpha value is 1.55. The van der Waals surface area contributed by atoms with Gasteiger partial charge in [0.25, 0.3) is 0 Å². The Morgan fingerprint density at radius 1 is 1.00 bits per heavy atom. The molecule has 0 spiro atoms. The third-order valence-corrected chi connectivity index (χ3v) is 0. The zero-order chi connectivity index (χ0) is 0. The summed E-state index contributed by atoms with van der Waals surface area (Å²) < 4.78 is 0. The minimum Gasteiger partial charge on any atom is -0.153 e. The van der Waals surface area contributed by atoms with Gasteiger partial charge in [-0.05, 0) is 0 Å². The molecule has 0 fully saturated rings. The zero-order valence-corrected chi connectivity index (χ0v) is 3.36. The second-order valence-electron chi connectivity index (χ2n) is 0. The molecule has 0 saturated carbocycles. The van der Waals surface area contributed by atoms with Crippen molar-refractivity contribution >= 4 is 35.7 Å². The first-order valence-corrected chi connectivity index (χ1v) is 0. The molecule has 0 amide bonds. The van der Waals surface area contributed by atoms with Gasteiger partial charge in [-0.2, -0.15) is 9.90 Å². The summed E-state index contributed by atoms with van der Waals surface area (Å²) in [7, 11) is 0. The van der Waals surface area contributed by atoms with Gasteiger partial charge in [-0.1, -0.05) is 0 Å². The summed E-state index contributed by atoms with van der Waals surface area (Å²) >= 11 is 0. The quantitative estimate of drug-likeness (QED) is 0.263. The summed E-state index contributed by atoms with van der Waals surface area (Å²) in [6.45, 7) is 0. The third-order valence-electron chi connectivity index (χ3n) is 0. The van der Waals surface area contributed by atoms with E-state index in [4.69, 9.17) is 0 Å². The van der Waals surface area contributed by atoms with Crippen LogP contribution in [0.4, 0.5) is 0 Å². The molecular formula is H9AlBCuP. The first kappa shape index (κ1) is 47.9. The van der Waals surface area contributed by atoms with E-state index < -0.39 is 0 Å². The average Bonchev–Trinajstić information content (AvgIpc) is 0. The molecule has 0 aliphatic carbocycles. The zero-order valence-electron chi connectivity index (χ0n) is 1.01. The second-order valence-corrected chi connectivity index (χ2v) is 0. The fourth-order valence-corrected chi connectivity index (χ4v) is 0. The molecule has 0 N–H and O–H groups in total. The molecule has 0 rings (SSSR count). The monoisotopic (exact) mass is 141 g/mol. The molecule has 0 bridgehead atoms. The van der Waals surface area contributed by atoms with Crippen LogP contribution in [0.1, 0.15) is 0 Å². The van der Waals surface area contributed by atoms with Crippen molar-refractivity contribution in [1.82, 2.24) is 0 Å². The van der Waals surface area contributed by atoms with Gasteiger partial charge in [0.15, 0.2) is 17.4 Å². The van der Waals surface area contributed by atoms with Crippen molar-refractivity contribution in [3.63, 3.8) is 0 Å². The minimum atomic E-state index is 0. The first-order valence-electron chi connectivity index (χ1n) is 0. The third kappa shape index (κ3) is 9.62. The van der Waals surface area contributed by atoms with Gasteiger partial charge in [0.05, 0.1) is 8.41 Å². The van der Waals surface area contributed by atoms with Crippen molar-refractivity contribution in [3.05, 3.63) is 0 Å². The van der Waals surface area contributed by atoms with Crippen LogP contribution in [-0.2, 0) is 17.1 Å². The smallest absolute Gasteiger partial charge is 0.153 e. The molecule has 1 unspecified atom stereocenters. The van der Waals surface area contributed by atoms with Gasteiger partial charge in [0.1, 0.15) is 0 Å². The molecule has 0 aromatic rings. The van der Waals surface area contributed by atoms with Gasteiger partial charge in [-0.15, -0.1) is 0 Å². The molecule has 0 aliphatic rings. The van der Waals surface area contributed by atoms with Crippen LogP contribution in [0.2, 0.25) is 0 Å². The molecule has 0 heterocycles. The Labute approximate surface area is 52.9 Å². The summed E-state index contributed by atoms with van der Waals surface area (Å²) in [5.41, 5.74) is 0. The average molecular weight is 141 g/mol. The Bertz CT molecular complexity index is 8.00. The molecule has 0 saturated heterocycles. The number of hydrogen-bond acceptors (Lipinski definition) is 0. The van der Waals surface area contributed by atoms with Crippen LogP contribution in [0.25, 0.3) is 0 Å². The van der Waals surface area contributed by atoms with E-state index in [1.807, 2.05) is 0 Å². The van der Waals surface area contributed by atoms with E-state index in [1.165, 1.54) is 0 Å². The van der Waals surface area contributed by atoms with E-state index in [9.17, 15) is 0 Å². The first-order chi connectivity index (χ1) is 0. The molecular weight excluding hydrogens is 132 g/mol. The summed E-state index contributed by atoms with van der Waals surface area (Å²) in [5, 5.41) is 0. The van der Waals surface area contributed by atoms with Crippen LogP contribution in [0, 0.1) is 0 Å². The molecule has 1 radical (unpaired) electrons. The van der Waals surface area contributed by atoms with Crippen molar-refractivity contribution in [2.24, 2.45) is 0 Å². The van der Waals surface area contributed by atoms with Gasteiger partial charge < -0.3 is 0 Å². The van der Waals surface area contributed by atoms with Gasteiger partial charge in [0.2, 0.25) is 0 Å². The van der Waals surface area contributed by atoms with Gasteiger partial charge in [-0.3, -0.25) is 0 Å². The van der Waals surface area contributed by atoms with Crippen LogP contribution >= 0.6 is 9.90 Å². The predicted octanol–water partition coefficient (Wildman–Crippen LogP) is -2.31. The normalized spacial score (nSPS) is 0. The molecule has 0 aliphatic heterocycles. The van der Waals surface area contributed by atoms with Crippen LogP contribution in [0.5, 0.6) is 0 Å². The van der Waals surface area contributed by atoms with Crippen molar-refractivity contribution in [1.29, 1.82) is 0 Å². The van der Waals surface area contributed by atoms with E-state index in [0.717, 1.165) is 0 Å². The van der Waals surface area contributed by atoms with E-state index >= 15 is 0 Å². The fraction of sp³-hybridized carbons (Fsp3) is 0. The maximum Gasteiger partial charge on any atom is 0.187 e. The van der Waals surface area contributed by atoms with E-state index in [0.29, 0.717) is 0 Å². The molecule has 0 nitrogen and oxygen atoms in total. The Morgan fingerprint density at radius 2 is 1.00 bits per heavy atom. The predicted molar refractivity (Wildman–Crippen MR) is 31.0 cm³/mol. The van der Waals surface area contributed by atoms with Crippen LogP contribution < -0.4 is 0 Å². The molecule has 0 aromatic carbocycles. The van der Waals surface area contributed by atoms with E-state index in [1.54, 1.807) is 0 Å². The Kier molecular flexibility index (Phi) is 286. The molecule has 31 valence electrons. The summed E-state index contributed by atoms with van der Waals surface area (Å²) in [6.07, 6.45) is 0. The molecule has 0 aromatic heterocycles. The minimum absolute atomic E-state index is 0. The SMILES string of the molecule is B.P.[AlH3].[Cu]. The second kappa shape index (κ2) is 23.9. The summed E-state index contributed by atoms with van der Waals surface area (Å²) in [5.74, 6) is 0. The number of hydrogen-bond donors (Lipinski definition) is 0. The standard InChI is InChI=1S/Al.BH3.Cu.H3P.3H/h;1H3;;1H3;;;. The molecule has 4 heavy (non-hydrogen) atoms. The Morgan fingerprint density at radius 3 is 1.00 bits per heavy atom. The van der Waals surface area contributed by atoms with Gasteiger partial charge >= 0.3 is 0 Å². The maximum atomic E-state index is 0. The largest absolute Gasteiger partial charge is 0.187 e. The fourth-order valence-electron chi connectivity index (χ4n) is 0. The summed E-state index contributed by atoms with van der Waals surface area (Å²) in [4.78, 5) is 0.